The molecule has 4 heterocycles. The molecule has 0 saturated carbocycles. The molecule has 1 saturated heterocycles. The summed E-state index contributed by atoms with van der Waals surface area (Å²) < 4.78 is 2.30. The number of hydrogen-bond acceptors (Lipinski definition) is 7. The molecule has 1 fully saturated rings. The molecule has 4 N–H and O–H groups in total. The van der Waals surface area contributed by atoms with E-state index in [0.717, 1.165) is 89.0 Å². The average molecular weight is 558 g/mol. The molecule has 41 heavy (non-hydrogen) atoms. The van der Waals surface area contributed by atoms with Crippen molar-refractivity contribution in [2.45, 2.75) is 46.7 Å². The molecule has 1 atom stereocenters. The van der Waals surface area contributed by atoms with Crippen LogP contribution in [0.5, 0.6) is 0 Å². The second-order valence-corrected chi connectivity index (χ2v) is 11.0. The lowest BCUT2D eigenvalue weighted by atomic mass is 10.00. The summed E-state index contributed by atoms with van der Waals surface area (Å²) >= 11 is 0. The number of aromatic amines is 1. The van der Waals surface area contributed by atoms with E-state index in [4.69, 9.17) is 10.7 Å². The van der Waals surface area contributed by atoms with Crippen molar-refractivity contribution in [1.82, 2.24) is 24.8 Å². The molecule has 0 aliphatic carbocycles. The molecule has 9 heteroatoms. The minimum absolute atomic E-state index is 0.109. The summed E-state index contributed by atoms with van der Waals surface area (Å²) in [7, 11) is 3.96. The van der Waals surface area contributed by atoms with Gasteiger partial charge in [0.1, 0.15) is 11.6 Å². The van der Waals surface area contributed by atoms with Crippen molar-refractivity contribution in [3.05, 3.63) is 75.3 Å². The molecule has 3 aromatic heterocycles. The van der Waals surface area contributed by atoms with Gasteiger partial charge in [-0.2, -0.15) is 0 Å². The number of aldehydes is 1. The van der Waals surface area contributed by atoms with Gasteiger partial charge in [-0.05, 0) is 88.3 Å². The standard InChI is InChI=1S/C24H30N4O.C8H13N3O/c1-5-18(3)28-15-17(2)24-21(16-29)12-20(13-22(24)28)19-6-7-23(25-14-19)27-10-8-26(4)9-11-27;1-5-3-7(9)11-8(12)6(5)4-10-2/h6-7,12-16,18H,5,8-11H2,1-4H3;3,10H,4H2,1-2H3,(H3,9,11,12). The van der Waals surface area contributed by atoms with E-state index in [-0.39, 0.29) is 5.56 Å². The fourth-order valence-corrected chi connectivity index (χ4v) is 5.36. The summed E-state index contributed by atoms with van der Waals surface area (Å²) in [6.07, 6.45) is 6.13. The van der Waals surface area contributed by atoms with Crippen LogP contribution in [0.4, 0.5) is 11.6 Å². The van der Waals surface area contributed by atoms with Crippen LogP contribution < -0.4 is 21.5 Å². The van der Waals surface area contributed by atoms with Gasteiger partial charge >= 0.3 is 0 Å². The fraction of sp³-hybridized carbons (Fsp3) is 0.406. The minimum Gasteiger partial charge on any atom is -0.385 e. The highest BCUT2D eigenvalue weighted by Gasteiger charge is 2.17. The fourth-order valence-electron chi connectivity index (χ4n) is 5.36. The third-order valence-corrected chi connectivity index (χ3v) is 7.99. The van der Waals surface area contributed by atoms with Gasteiger partial charge in [0.15, 0.2) is 6.29 Å². The zero-order chi connectivity index (χ0) is 29.7. The minimum atomic E-state index is -0.109. The number of nitrogens with one attached hydrogen (secondary N) is 2. The van der Waals surface area contributed by atoms with Crippen molar-refractivity contribution >= 4 is 28.8 Å². The van der Waals surface area contributed by atoms with Gasteiger partial charge in [0.25, 0.3) is 5.56 Å². The van der Waals surface area contributed by atoms with E-state index in [1.54, 1.807) is 13.1 Å². The number of aromatic nitrogens is 3. The first-order chi connectivity index (χ1) is 19.7. The molecule has 1 aliphatic heterocycles. The number of nitrogens with two attached hydrogens (primary N) is 1. The van der Waals surface area contributed by atoms with Crippen LogP contribution >= 0.6 is 0 Å². The Morgan fingerprint density at radius 3 is 2.41 bits per heavy atom. The Labute approximate surface area is 242 Å². The maximum absolute atomic E-state index is 11.9. The maximum Gasteiger partial charge on any atom is 0.254 e. The van der Waals surface area contributed by atoms with Crippen LogP contribution in [0.3, 0.4) is 0 Å². The molecule has 4 aromatic rings. The topological polar surface area (TPSA) is 112 Å². The Balaban J connectivity index is 0.000000271. The molecule has 0 spiro atoms. The SMILES string of the molecule is CCC(C)n1cc(C)c2c(C=O)cc(-c3ccc(N4CCN(C)CC4)nc3)cc21.CNCc1c(C)cc(N)[nH]c1=O. The highest BCUT2D eigenvalue weighted by Crippen LogP contribution is 2.33. The second kappa shape index (κ2) is 13.1. The van der Waals surface area contributed by atoms with E-state index in [9.17, 15) is 9.59 Å². The number of pyridine rings is 2. The van der Waals surface area contributed by atoms with Crippen LogP contribution in [-0.4, -0.2) is 66.0 Å². The first-order valence-electron chi connectivity index (χ1n) is 14.3. The Hall–Kier alpha value is -3.95. The third kappa shape index (κ3) is 6.69. The number of benzene rings is 1. The van der Waals surface area contributed by atoms with E-state index in [0.29, 0.717) is 18.4 Å². The van der Waals surface area contributed by atoms with E-state index in [1.165, 1.54) is 0 Å². The molecule has 0 bridgehead atoms. The number of carbonyl (C=O) groups is 1. The van der Waals surface area contributed by atoms with Crippen molar-refractivity contribution in [3.8, 4) is 11.1 Å². The highest BCUT2D eigenvalue weighted by atomic mass is 16.1. The first kappa shape index (κ1) is 30.0. The van der Waals surface area contributed by atoms with Crippen molar-refractivity contribution < 1.29 is 4.79 Å². The van der Waals surface area contributed by atoms with Crippen LogP contribution in [-0.2, 0) is 6.54 Å². The number of likely N-dealkylation sites (N-methyl/N-ethyl adjacent to an activating group) is 1. The quantitative estimate of drug-likeness (QED) is 0.286. The van der Waals surface area contributed by atoms with Crippen molar-refractivity contribution in [2.24, 2.45) is 0 Å². The van der Waals surface area contributed by atoms with Gasteiger partial charge in [-0.1, -0.05) is 6.92 Å². The lowest BCUT2D eigenvalue weighted by Gasteiger charge is -2.33. The van der Waals surface area contributed by atoms with E-state index in [2.05, 4.69) is 76.9 Å². The zero-order valence-corrected chi connectivity index (χ0v) is 25.1. The van der Waals surface area contributed by atoms with E-state index in [1.807, 2.05) is 19.2 Å². The zero-order valence-electron chi connectivity index (χ0n) is 25.1. The van der Waals surface area contributed by atoms with Gasteiger partial charge in [0, 0.05) is 78.8 Å². The lowest BCUT2D eigenvalue weighted by Crippen LogP contribution is -2.44. The van der Waals surface area contributed by atoms with E-state index < -0.39 is 0 Å². The van der Waals surface area contributed by atoms with Crippen LogP contribution in [0.25, 0.3) is 22.0 Å². The maximum atomic E-state index is 11.9. The number of piperazine rings is 1. The van der Waals surface area contributed by atoms with Gasteiger partial charge in [-0.25, -0.2) is 4.98 Å². The van der Waals surface area contributed by atoms with Gasteiger partial charge in [-0.15, -0.1) is 0 Å². The summed E-state index contributed by atoms with van der Waals surface area (Å²) in [6, 6.07) is 10.6. The Bertz CT molecular complexity index is 1550. The molecule has 1 unspecified atom stereocenters. The predicted octanol–water partition coefficient (Wildman–Crippen LogP) is 4.53. The smallest absolute Gasteiger partial charge is 0.254 e. The molecule has 9 nitrogen and oxygen atoms in total. The number of carbonyl (C=O) groups excluding carboxylic acids is 1. The molecule has 1 aromatic carbocycles. The van der Waals surface area contributed by atoms with Crippen molar-refractivity contribution in [2.75, 3.05) is 50.9 Å². The molecule has 5 rings (SSSR count). The summed E-state index contributed by atoms with van der Waals surface area (Å²) in [5, 5.41) is 3.99. The number of rotatable bonds is 7. The normalized spacial score (nSPS) is 14.5. The second-order valence-electron chi connectivity index (χ2n) is 11.0. The van der Waals surface area contributed by atoms with Crippen molar-refractivity contribution in [1.29, 1.82) is 0 Å². The Morgan fingerprint density at radius 2 is 1.83 bits per heavy atom. The first-order valence-corrected chi connectivity index (χ1v) is 14.3. The highest BCUT2D eigenvalue weighted by molar-refractivity contribution is 6.02. The van der Waals surface area contributed by atoms with Gasteiger partial charge in [-0.3, -0.25) is 9.59 Å². The number of H-pyrrole nitrogens is 1. The van der Waals surface area contributed by atoms with Crippen LogP contribution in [0.1, 0.15) is 53.4 Å². The Morgan fingerprint density at radius 1 is 1.10 bits per heavy atom. The predicted molar refractivity (Wildman–Crippen MR) is 169 cm³/mol. The summed E-state index contributed by atoms with van der Waals surface area (Å²) in [5.41, 5.74) is 12.1. The molecule has 1 aliphatic rings. The number of hydrogen-bond donors (Lipinski definition) is 3. The van der Waals surface area contributed by atoms with Crippen LogP contribution in [0, 0.1) is 13.8 Å². The van der Waals surface area contributed by atoms with Gasteiger partial charge in [0.2, 0.25) is 0 Å². The van der Waals surface area contributed by atoms with Gasteiger partial charge < -0.3 is 30.4 Å². The molecule has 218 valence electrons. The molecular formula is C32H43N7O2. The summed E-state index contributed by atoms with van der Waals surface area (Å²) in [6.45, 7) is 13.1. The third-order valence-electron chi connectivity index (χ3n) is 7.99. The summed E-state index contributed by atoms with van der Waals surface area (Å²) in [4.78, 5) is 35.1. The number of aryl methyl sites for hydroxylation is 2. The van der Waals surface area contributed by atoms with Crippen molar-refractivity contribution in [3.63, 3.8) is 0 Å². The molecular weight excluding hydrogens is 514 g/mol. The van der Waals surface area contributed by atoms with E-state index >= 15 is 0 Å². The number of anilines is 2. The average Bonchev–Trinajstić information content (AvgIpc) is 3.31. The number of nitrogen functional groups attached to an aromatic ring is 1. The molecule has 0 amide bonds. The van der Waals surface area contributed by atoms with Crippen LogP contribution in [0.15, 0.2) is 47.5 Å². The number of nitrogens with zero attached hydrogens (tertiary/aromatic N) is 4. The van der Waals surface area contributed by atoms with Gasteiger partial charge in [0.05, 0.1) is 0 Å². The molecule has 0 radical (unpaired) electrons. The summed E-state index contributed by atoms with van der Waals surface area (Å²) in [5.74, 6) is 1.44. The number of fused-ring (bicyclic) bond motifs is 1. The monoisotopic (exact) mass is 557 g/mol. The lowest BCUT2D eigenvalue weighted by molar-refractivity contribution is 0.112. The van der Waals surface area contributed by atoms with Crippen LogP contribution in [0.2, 0.25) is 0 Å². The Kier molecular flexibility index (Phi) is 9.62. The largest absolute Gasteiger partial charge is 0.385 e.